The van der Waals surface area contributed by atoms with Gasteiger partial charge in [-0.1, -0.05) is 18.2 Å². The van der Waals surface area contributed by atoms with Gasteiger partial charge < -0.3 is 25.4 Å². The summed E-state index contributed by atoms with van der Waals surface area (Å²) in [6, 6.07) is 7.91. The van der Waals surface area contributed by atoms with Gasteiger partial charge in [-0.3, -0.25) is 4.79 Å². The maximum atomic E-state index is 15.3. The number of likely N-dealkylation sites (N-methyl/N-ethyl adjacent to an activating group) is 2. The van der Waals surface area contributed by atoms with Crippen LogP contribution in [0.3, 0.4) is 0 Å². The van der Waals surface area contributed by atoms with E-state index in [9.17, 15) is 18.0 Å². The normalized spacial score (nSPS) is 11.7. The summed E-state index contributed by atoms with van der Waals surface area (Å²) in [6.07, 6.45) is -2.58. The second kappa shape index (κ2) is 10.9. The van der Waals surface area contributed by atoms with Crippen LogP contribution in [0.1, 0.15) is 18.1 Å². The van der Waals surface area contributed by atoms with Crippen LogP contribution in [0.15, 0.2) is 42.7 Å². The molecule has 0 bridgehead atoms. The Labute approximate surface area is 223 Å². The van der Waals surface area contributed by atoms with E-state index < -0.39 is 17.6 Å². The summed E-state index contributed by atoms with van der Waals surface area (Å²) in [5.74, 6) is -1.29. The van der Waals surface area contributed by atoms with Crippen LogP contribution in [0.2, 0.25) is 0 Å². The molecule has 2 aromatic carbocycles. The van der Waals surface area contributed by atoms with Crippen molar-refractivity contribution < 1.29 is 22.4 Å². The van der Waals surface area contributed by atoms with Crippen LogP contribution in [-0.2, 0) is 11.0 Å². The fourth-order valence-corrected chi connectivity index (χ4v) is 4.21. The minimum atomic E-state index is -4.72. The van der Waals surface area contributed by atoms with Gasteiger partial charge in [-0.05, 0) is 32.6 Å². The summed E-state index contributed by atoms with van der Waals surface area (Å²) in [5, 5.41) is 5.94. The number of hydrogen-bond donors (Lipinski definition) is 3. The topological polar surface area (TPSA) is 89.2 Å². The Hall–Kier alpha value is -4.19. The Bertz CT molecular complexity index is 1510. The van der Waals surface area contributed by atoms with Gasteiger partial charge in [0.05, 0.1) is 22.8 Å². The van der Waals surface area contributed by atoms with Gasteiger partial charge in [0, 0.05) is 62.0 Å². The Kier molecular flexibility index (Phi) is 7.77. The molecule has 2 aromatic heterocycles. The molecule has 0 aliphatic rings. The summed E-state index contributed by atoms with van der Waals surface area (Å²) in [5.41, 5.74) is 1.08. The zero-order chi connectivity index (χ0) is 28.5. The number of aromatic amines is 1. The number of para-hydroxylation sites is 1. The molecule has 0 atom stereocenters. The average Bonchev–Trinajstić information content (AvgIpc) is 3.29. The van der Waals surface area contributed by atoms with Crippen LogP contribution in [0.4, 0.5) is 40.6 Å². The van der Waals surface area contributed by atoms with Crippen molar-refractivity contribution in [3.63, 3.8) is 0 Å². The number of fused-ring (bicyclic) bond motifs is 1. The fourth-order valence-electron chi connectivity index (χ4n) is 4.21. The summed E-state index contributed by atoms with van der Waals surface area (Å²) in [6.45, 7) is 4.42. The number of hydrogen-bond acceptors (Lipinski definition) is 6. The molecule has 0 spiro atoms. The summed E-state index contributed by atoms with van der Waals surface area (Å²) < 4.78 is 57.0. The molecule has 3 N–H and O–H groups in total. The smallest absolute Gasteiger partial charge is 0.372 e. The van der Waals surface area contributed by atoms with Crippen molar-refractivity contribution in [1.29, 1.82) is 0 Å². The van der Waals surface area contributed by atoms with E-state index in [0.29, 0.717) is 41.6 Å². The highest BCUT2D eigenvalue weighted by Gasteiger charge is 2.36. The van der Waals surface area contributed by atoms with E-state index in [2.05, 4.69) is 25.6 Å². The van der Waals surface area contributed by atoms with Crippen molar-refractivity contribution in [2.45, 2.75) is 20.0 Å². The Morgan fingerprint density at radius 3 is 2.51 bits per heavy atom. The van der Waals surface area contributed by atoms with Crippen molar-refractivity contribution >= 4 is 39.8 Å². The van der Waals surface area contributed by atoms with Crippen LogP contribution in [-0.4, -0.2) is 60.0 Å². The lowest BCUT2D eigenvalue weighted by Crippen LogP contribution is -2.29. The molecule has 39 heavy (non-hydrogen) atoms. The number of carbonyl (C=O) groups excluding carboxylic acids is 1. The van der Waals surface area contributed by atoms with Crippen LogP contribution >= 0.6 is 0 Å². The molecule has 0 saturated carbocycles. The highest BCUT2D eigenvalue weighted by atomic mass is 19.4. The summed E-state index contributed by atoms with van der Waals surface area (Å²) in [7, 11) is 5.59. The zero-order valence-corrected chi connectivity index (χ0v) is 22.2. The molecule has 206 valence electrons. The van der Waals surface area contributed by atoms with Crippen LogP contribution in [0, 0.1) is 12.7 Å². The van der Waals surface area contributed by atoms with Crippen LogP contribution < -0.4 is 15.5 Å². The molecular weight excluding hydrogens is 514 g/mol. The number of rotatable bonds is 8. The number of alkyl halides is 3. The second-order valence-electron chi connectivity index (χ2n) is 9.53. The first-order chi connectivity index (χ1) is 18.3. The van der Waals surface area contributed by atoms with E-state index >= 15 is 4.39 Å². The number of anilines is 4. The SMILES string of the molecule is CC(=O)Nc1cc(Nc2ncc(C(F)(F)F)c(-c3c[nH]c4c(C)cccc34)n2)c(F)cc1N(C)CCN(C)C. The number of aryl methyl sites for hydroxylation is 1. The molecule has 4 rings (SSSR count). The predicted octanol–water partition coefficient (Wildman–Crippen LogP) is 5.79. The van der Waals surface area contributed by atoms with Crippen molar-refractivity contribution in [1.82, 2.24) is 19.9 Å². The van der Waals surface area contributed by atoms with Crippen molar-refractivity contribution in [3.05, 3.63) is 59.7 Å². The van der Waals surface area contributed by atoms with Gasteiger partial charge in [0.25, 0.3) is 0 Å². The molecule has 4 aromatic rings. The lowest BCUT2D eigenvalue weighted by atomic mass is 10.0. The lowest BCUT2D eigenvalue weighted by molar-refractivity contribution is -0.137. The van der Waals surface area contributed by atoms with Gasteiger partial charge in [0.1, 0.15) is 11.4 Å². The highest BCUT2D eigenvalue weighted by molar-refractivity contribution is 5.97. The summed E-state index contributed by atoms with van der Waals surface area (Å²) >= 11 is 0. The van der Waals surface area contributed by atoms with Crippen molar-refractivity contribution in [2.24, 2.45) is 0 Å². The number of aromatic nitrogens is 3. The van der Waals surface area contributed by atoms with Gasteiger partial charge in [-0.15, -0.1) is 0 Å². The molecule has 12 heteroatoms. The largest absolute Gasteiger partial charge is 0.419 e. The Balaban J connectivity index is 1.77. The maximum absolute atomic E-state index is 15.3. The molecule has 8 nitrogen and oxygen atoms in total. The fraction of sp³-hybridized carbons (Fsp3) is 0.296. The lowest BCUT2D eigenvalue weighted by Gasteiger charge is -2.25. The third kappa shape index (κ3) is 6.11. The summed E-state index contributed by atoms with van der Waals surface area (Å²) in [4.78, 5) is 26.6. The van der Waals surface area contributed by atoms with E-state index in [1.165, 1.54) is 25.3 Å². The Morgan fingerprint density at radius 2 is 1.85 bits per heavy atom. The minimum absolute atomic E-state index is 0.107. The number of H-pyrrole nitrogens is 1. The molecule has 0 aliphatic heterocycles. The van der Waals surface area contributed by atoms with Crippen molar-refractivity contribution in [3.8, 4) is 11.3 Å². The van der Waals surface area contributed by atoms with Gasteiger partial charge in [-0.25, -0.2) is 14.4 Å². The van der Waals surface area contributed by atoms with E-state index in [0.717, 1.165) is 5.56 Å². The first-order valence-corrected chi connectivity index (χ1v) is 12.1. The molecule has 0 aliphatic carbocycles. The third-order valence-corrected chi connectivity index (χ3v) is 6.21. The van der Waals surface area contributed by atoms with Gasteiger partial charge in [0.2, 0.25) is 11.9 Å². The third-order valence-electron chi connectivity index (χ3n) is 6.21. The maximum Gasteiger partial charge on any atom is 0.419 e. The van der Waals surface area contributed by atoms with Crippen LogP contribution in [0.5, 0.6) is 0 Å². The van der Waals surface area contributed by atoms with Gasteiger partial charge >= 0.3 is 6.18 Å². The zero-order valence-electron chi connectivity index (χ0n) is 22.2. The van der Waals surface area contributed by atoms with Gasteiger partial charge in [-0.2, -0.15) is 13.2 Å². The number of amides is 1. The predicted molar refractivity (Wildman–Crippen MR) is 145 cm³/mol. The first kappa shape index (κ1) is 27.8. The molecule has 2 heterocycles. The number of nitrogens with one attached hydrogen (secondary N) is 3. The standard InChI is InChI=1S/C27H29F4N7O/c1-15-7-6-8-17-18(13-32-24(15)17)25-19(27(29,30)31)14-33-26(36-25)35-21-12-22(34-16(2)39)23(11-20(21)28)38(5)10-9-37(3)4/h6-8,11-14,32H,9-10H2,1-5H3,(H,34,39)(H,33,35,36). The number of nitrogens with zero attached hydrogens (tertiary/aromatic N) is 4. The Morgan fingerprint density at radius 1 is 1.10 bits per heavy atom. The molecule has 0 radical (unpaired) electrons. The number of benzene rings is 2. The molecule has 0 unspecified atom stereocenters. The number of halogens is 4. The van der Waals surface area contributed by atoms with E-state index in [4.69, 9.17) is 0 Å². The molecule has 1 amide bonds. The first-order valence-electron chi connectivity index (χ1n) is 12.1. The van der Waals surface area contributed by atoms with E-state index in [1.54, 1.807) is 24.1 Å². The van der Waals surface area contributed by atoms with Crippen LogP contribution in [0.25, 0.3) is 22.2 Å². The molecule has 0 fully saturated rings. The average molecular weight is 544 g/mol. The minimum Gasteiger partial charge on any atom is -0.372 e. The quantitative estimate of drug-likeness (QED) is 0.244. The van der Waals surface area contributed by atoms with Gasteiger partial charge in [0.15, 0.2) is 0 Å². The molecule has 0 saturated heterocycles. The number of carbonyl (C=O) groups is 1. The van der Waals surface area contributed by atoms with E-state index in [-0.39, 0.29) is 28.8 Å². The molecular formula is C27H29F4N7O. The van der Waals surface area contributed by atoms with E-state index in [1.807, 2.05) is 32.0 Å². The monoisotopic (exact) mass is 543 g/mol. The van der Waals surface area contributed by atoms with Crippen molar-refractivity contribution in [2.75, 3.05) is 49.8 Å². The highest BCUT2D eigenvalue weighted by Crippen LogP contribution is 2.40. The second-order valence-corrected chi connectivity index (χ2v) is 9.53.